The number of rotatable bonds is 5. The zero-order chi connectivity index (χ0) is 16.8. The first kappa shape index (κ1) is 18.0. The molecule has 0 aliphatic rings. The number of aryl methyl sites for hydroxylation is 2. The number of halogens is 1. The van der Waals surface area contributed by atoms with Crippen LogP contribution in [-0.2, 0) is 17.8 Å². The van der Waals surface area contributed by atoms with Crippen molar-refractivity contribution in [1.29, 1.82) is 0 Å². The van der Waals surface area contributed by atoms with Crippen molar-refractivity contribution in [3.05, 3.63) is 56.7 Å². The molecule has 0 heterocycles. The Morgan fingerprint density at radius 1 is 1.26 bits per heavy atom. The molecule has 122 valence electrons. The molecule has 0 saturated carbocycles. The molecule has 0 spiro atoms. The highest BCUT2D eigenvalue weighted by Crippen LogP contribution is 2.26. The minimum Gasteiger partial charge on any atom is -0.489 e. The summed E-state index contributed by atoms with van der Waals surface area (Å²) in [7, 11) is 1.55. The van der Waals surface area contributed by atoms with E-state index in [1.54, 1.807) is 7.11 Å². The zero-order valence-corrected chi connectivity index (χ0v) is 16.5. The Morgan fingerprint density at radius 2 is 2.04 bits per heavy atom. The fraction of sp³-hybridized carbons (Fsp3) is 0.278. The number of ether oxygens (including phenoxy) is 2. The van der Waals surface area contributed by atoms with Crippen molar-refractivity contribution in [3.63, 3.8) is 0 Å². The lowest BCUT2D eigenvalue weighted by Crippen LogP contribution is -2.13. The number of hydrogen-bond acceptors (Lipinski definition) is 3. The highest BCUT2D eigenvalue weighted by atomic mass is 127. The molecule has 0 saturated heterocycles. The molecule has 0 bridgehead atoms. The summed E-state index contributed by atoms with van der Waals surface area (Å²) >= 11 is 7.39. The molecule has 0 fully saturated rings. The van der Waals surface area contributed by atoms with E-state index < -0.39 is 0 Å². The molecule has 0 amide bonds. The van der Waals surface area contributed by atoms with Gasteiger partial charge in [-0.05, 0) is 77.5 Å². The molecule has 0 aliphatic heterocycles. The van der Waals surface area contributed by atoms with Gasteiger partial charge in [-0.3, -0.25) is 0 Å². The molecule has 0 unspecified atom stereocenters. The van der Waals surface area contributed by atoms with Gasteiger partial charge in [0.2, 0.25) is 0 Å². The van der Waals surface area contributed by atoms with E-state index in [1.165, 1.54) is 5.56 Å². The molecule has 23 heavy (non-hydrogen) atoms. The minimum atomic E-state index is 0.344. The Kier molecular flexibility index (Phi) is 6.65. The van der Waals surface area contributed by atoms with Crippen molar-refractivity contribution in [2.24, 2.45) is 0 Å². The van der Waals surface area contributed by atoms with Crippen molar-refractivity contribution in [3.8, 4) is 5.75 Å². The first-order chi connectivity index (χ1) is 11.0. The molecular weight excluding hydrogens is 421 g/mol. The Bertz CT molecular complexity index is 703. The number of anilines is 1. The van der Waals surface area contributed by atoms with Gasteiger partial charge in [0, 0.05) is 14.8 Å². The van der Waals surface area contributed by atoms with Gasteiger partial charge >= 0.3 is 0 Å². The van der Waals surface area contributed by atoms with E-state index in [0.29, 0.717) is 11.8 Å². The van der Waals surface area contributed by atoms with Crippen LogP contribution in [0.2, 0.25) is 0 Å². The second kappa shape index (κ2) is 8.49. The van der Waals surface area contributed by atoms with Gasteiger partial charge in [-0.2, -0.15) is 0 Å². The molecule has 0 aliphatic carbocycles. The topological polar surface area (TPSA) is 30.5 Å². The van der Waals surface area contributed by atoms with Crippen LogP contribution in [0.3, 0.4) is 0 Å². The smallest absolute Gasteiger partial charge is 0.260 e. The summed E-state index contributed by atoms with van der Waals surface area (Å²) in [4.78, 5) is 0. The Labute approximate surface area is 156 Å². The number of thiocarbonyl (C=S) groups is 1. The Balaban J connectivity index is 2.18. The monoisotopic (exact) mass is 441 g/mol. The van der Waals surface area contributed by atoms with Crippen molar-refractivity contribution in [2.45, 2.75) is 26.9 Å². The summed E-state index contributed by atoms with van der Waals surface area (Å²) in [5, 5.41) is 3.44. The minimum absolute atomic E-state index is 0.344. The van der Waals surface area contributed by atoms with Crippen LogP contribution >= 0.6 is 34.8 Å². The number of hydrogen-bond donors (Lipinski definition) is 1. The fourth-order valence-electron chi connectivity index (χ4n) is 2.23. The molecule has 1 N–H and O–H groups in total. The van der Waals surface area contributed by atoms with Crippen LogP contribution in [0.25, 0.3) is 0 Å². The molecule has 2 aromatic rings. The zero-order valence-electron chi connectivity index (χ0n) is 13.5. The predicted octanol–water partition coefficient (Wildman–Crippen LogP) is 5.08. The maximum absolute atomic E-state index is 6.03. The molecule has 0 radical (unpaired) electrons. The van der Waals surface area contributed by atoms with Crippen LogP contribution in [0.5, 0.6) is 5.75 Å². The lowest BCUT2D eigenvalue weighted by molar-refractivity contribution is 0.304. The van der Waals surface area contributed by atoms with Crippen molar-refractivity contribution < 1.29 is 9.47 Å². The highest BCUT2D eigenvalue weighted by molar-refractivity contribution is 14.1. The van der Waals surface area contributed by atoms with Crippen molar-refractivity contribution in [2.75, 3.05) is 12.4 Å². The summed E-state index contributed by atoms with van der Waals surface area (Å²) in [6.45, 7) is 4.70. The van der Waals surface area contributed by atoms with Gasteiger partial charge in [0.15, 0.2) is 0 Å². The largest absolute Gasteiger partial charge is 0.489 e. The standard InChI is InChI=1S/C18H20INO2S/c1-4-13-8-9-17(12(2)10-13)22-11-14-15(19)6-5-7-16(14)20-18(23)21-3/h5-10H,4,11H2,1-3H3,(H,20,23). The average molecular weight is 441 g/mol. The van der Waals surface area contributed by atoms with Gasteiger partial charge in [-0.1, -0.05) is 25.1 Å². The van der Waals surface area contributed by atoms with Crippen molar-refractivity contribution in [1.82, 2.24) is 0 Å². The van der Waals surface area contributed by atoms with Crippen LogP contribution in [-0.4, -0.2) is 12.3 Å². The van der Waals surface area contributed by atoms with Crippen LogP contribution in [0.15, 0.2) is 36.4 Å². The third-order valence-electron chi connectivity index (χ3n) is 3.56. The fourth-order valence-corrected chi connectivity index (χ4v) is 2.99. The van der Waals surface area contributed by atoms with Crippen LogP contribution < -0.4 is 10.1 Å². The van der Waals surface area contributed by atoms with Gasteiger partial charge in [0.1, 0.15) is 12.4 Å². The van der Waals surface area contributed by atoms with Gasteiger partial charge < -0.3 is 14.8 Å². The summed E-state index contributed by atoms with van der Waals surface area (Å²) < 4.78 is 12.2. The quantitative estimate of drug-likeness (QED) is 0.518. The van der Waals surface area contributed by atoms with Gasteiger partial charge in [-0.25, -0.2) is 0 Å². The average Bonchev–Trinajstić information content (AvgIpc) is 2.55. The number of methoxy groups -OCH3 is 1. The third kappa shape index (κ3) is 4.81. The lowest BCUT2D eigenvalue weighted by Gasteiger charge is -2.16. The SMILES string of the molecule is CCc1ccc(OCc2c(I)cccc2NC(=S)OC)c(C)c1. The van der Waals surface area contributed by atoms with Crippen LogP contribution in [0, 0.1) is 10.5 Å². The Morgan fingerprint density at radius 3 is 2.70 bits per heavy atom. The van der Waals surface area contributed by atoms with E-state index in [4.69, 9.17) is 21.7 Å². The normalized spacial score (nSPS) is 10.3. The molecule has 2 rings (SSSR count). The number of nitrogens with one attached hydrogen (secondary N) is 1. The van der Waals surface area contributed by atoms with E-state index in [1.807, 2.05) is 24.3 Å². The van der Waals surface area contributed by atoms with E-state index in [-0.39, 0.29) is 0 Å². The first-order valence-corrected chi connectivity index (χ1v) is 8.88. The van der Waals surface area contributed by atoms with Gasteiger partial charge in [-0.15, -0.1) is 0 Å². The molecule has 0 atom stereocenters. The second-order valence-corrected chi connectivity index (χ2v) is 6.66. The van der Waals surface area contributed by atoms with Gasteiger partial charge in [0.25, 0.3) is 5.17 Å². The first-order valence-electron chi connectivity index (χ1n) is 7.39. The lowest BCUT2D eigenvalue weighted by atomic mass is 10.1. The molecule has 0 aromatic heterocycles. The van der Waals surface area contributed by atoms with E-state index in [0.717, 1.165) is 32.6 Å². The second-order valence-electron chi connectivity index (χ2n) is 5.12. The maximum Gasteiger partial charge on any atom is 0.260 e. The van der Waals surface area contributed by atoms with E-state index in [2.05, 4.69) is 53.9 Å². The third-order valence-corrected chi connectivity index (χ3v) is 4.84. The summed E-state index contributed by atoms with van der Waals surface area (Å²) in [6.07, 6.45) is 1.03. The summed E-state index contributed by atoms with van der Waals surface area (Å²) in [5.74, 6) is 0.905. The summed E-state index contributed by atoms with van der Waals surface area (Å²) in [6, 6.07) is 12.3. The summed E-state index contributed by atoms with van der Waals surface area (Å²) in [5.41, 5.74) is 4.44. The van der Waals surface area contributed by atoms with Crippen LogP contribution in [0.4, 0.5) is 5.69 Å². The predicted molar refractivity (Wildman–Crippen MR) is 107 cm³/mol. The molecule has 2 aromatic carbocycles. The van der Waals surface area contributed by atoms with Gasteiger partial charge in [0.05, 0.1) is 7.11 Å². The molecule has 5 heteroatoms. The number of benzene rings is 2. The highest BCUT2D eigenvalue weighted by Gasteiger charge is 2.10. The Hall–Kier alpha value is -1.34. The van der Waals surface area contributed by atoms with E-state index in [9.17, 15) is 0 Å². The molecular formula is C18H20INO2S. The van der Waals surface area contributed by atoms with E-state index >= 15 is 0 Å². The van der Waals surface area contributed by atoms with Crippen LogP contribution in [0.1, 0.15) is 23.6 Å². The molecule has 3 nitrogen and oxygen atoms in total. The maximum atomic E-state index is 6.03. The van der Waals surface area contributed by atoms with Crippen molar-refractivity contribution >= 4 is 45.7 Å².